The predicted octanol–water partition coefficient (Wildman–Crippen LogP) is 4.53. The first-order chi connectivity index (χ1) is 12.9. The van der Waals surface area contributed by atoms with E-state index in [1.165, 1.54) is 21.3 Å². The van der Waals surface area contributed by atoms with Crippen LogP contribution in [0.5, 0.6) is 23.0 Å². The molecule has 0 aliphatic rings. The first-order valence-corrected chi connectivity index (χ1v) is 9.57. The van der Waals surface area contributed by atoms with E-state index >= 15 is 0 Å². The summed E-state index contributed by atoms with van der Waals surface area (Å²) in [5.74, 6) is -0.817. The van der Waals surface area contributed by atoms with E-state index in [1.54, 1.807) is 19.1 Å². The third kappa shape index (κ3) is 3.65. The Bertz CT molecular complexity index is 997. The molecule has 0 aliphatic heterocycles. The fraction of sp³-hybridized carbons (Fsp3) is 0.444. The Morgan fingerprint density at radius 3 is 1.93 bits per heavy atom. The number of fused-ring (bicyclic) bond motifs is 1. The quantitative estimate of drug-likeness (QED) is 0.503. The molecule has 0 aliphatic carbocycles. The Labute approximate surface area is 161 Å². The standard InChI is InChI=1S/C18H21F3O6S/c1-9(2)13-11-7-10(3)8-12(24-4)14(11)16(17(26-6)15(13)25-5)27-28(22,23)18(19,20)21/h7-9H,1-6H3. The van der Waals surface area contributed by atoms with Gasteiger partial charge in [-0.15, -0.1) is 0 Å². The summed E-state index contributed by atoms with van der Waals surface area (Å²) < 4.78 is 82.8. The molecule has 0 aromatic heterocycles. The molecule has 0 spiro atoms. The maximum Gasteiger partial charge on any atom is 0.534 e. The van der Waals surface area contributed by atoms with Gasteiger partial charge in [0.05, 0.1) is 26.7 Å². The van der Waals surface area contributed by atoms with Gasteiger partial charge in [0.25, 0.3) is 0 Å². The monoisotopic (exact) mass is 422 g/mol. The van der Waals surface area contributed by atoms with Gasteiger partial charge in [-0.2, -0.15) is 21.6 Å². The van der Waals surface area contributed by atoms with Gasteiger partial charge in [0, 0.05) is 5.56 Å². The Kier molecular flexibility index (Phi) is 5.93. The minimum Gasteiger partial charge on any atom is -0.496 e. The lowest BCUT2D eigenvalue weighted by molar-refractivity contribution is -0.0500. The summed E-state index contributed by atoms with van der Waals surface area (Å²) >= 11 is 0. The van der Waals surface area contributed by atoms with Crippen molar-refractivity contribution >= 4 is 20.9 Å². The summed E-state index contributed by atoms with van der Waals surface area (Å²) in [7, 11) is -2.15. The normalized spacial score (nSPS) is 12.4. The van der Waals surface area contributed by atoms with Crippen LogP contribution in [-0.2, 0) is 10.1 Å². The second-order valence-corrected chi connectivity index (χ2v) is 7.87. The molecule has 2 aromatic rings. The number of rotatable bonds is 6. The average Bonchev–Trinajstić information content (AvgIpc) is 2.58. The van der Waals surface area contributed by atoms with E-state index < -0.39 is 21.4 Å². The Morgan fingerprint density at radius 2 is 1.50 bits per heavy atom. The number of hydrogen-bond acceptors (Lipinski definition) is 6. The summed E-state index contributed by atoms with van der Waals surface area (Å²) in [4.78, 5) is 0. The molecule has 156 valence electrons. The minimum atomic E-state index is -5.96. The third-order valence-corrected chi connectivity index (χ3v) is 5.06. The lowest BCUT2D eigenvalue weighted by Crippen LogP contribution is -2.28. The minimum absolute atomic E-state index is 0.0438. The molecule has 0 fully saturated rings. The maximum atomic E-state index is 13.0. The zero-order chi connectivity index (χ0) is 21.4. The Hall–Kier alpha value is -2.36. The number of halogens is 3. The van der Waals surface area contributed by atoms with E-state index in [0.29, 0.717) is 10.9 Å². The highest BCUT2D eigenvalue weighted by atomic mass is 32.2. The van der Waals surface area contributed by atoms with Crippen LogP contribution in [0, 0.1) is 6.92 Å². The van der Waals surface area contributed by atoms with Crippen molar-refractivity contribution in [1.82, 2.24) is 0 Å². The van der Waals surface area contributed by atoms with Crippen LogP contribution in [0.15, 0.2) is 12.1 Å². The molecule has 0 N–H and O–H groups in total. The molecular weight excluding hydrogens is 401 g/mol. The van der Waals surface area contributed by atoms with E-state index in [-0.39, 0.29) is 28.6 Å². The molecule has 0 radical (unpaired) electrons. The molecular formula is C18H21F3O6S. The largest absolute Gasteiger partial charge is 0.534 e. The molecule has 10 heteroatoms. The van der Waals surface area contributed by atoms with Gasteiger partial charge in [-0.1, -0.05) is 19.9 Å². The van der Waals surface area contributed by atoms with E-state index in [9.17, 15) is 21.6 Å². The van der Waals surface area contributed by atoms with Crippen molar-refractivity contribution in [2.45, 2.75) is 32.2 Å². The molecule has 0 saturated carbocycles. The molecule has 0 bridgehead atoms. The van der Waals surface area contributed by atoms with Crippen LogP contribution >= 0.6 is 0 Å². The number of aryl methyl sites for hydroxylation is 1. The van der Waals surface area contributed by atoms with E-state index in [2.05, 4.69) is 4.18 Å². The highest BCUT2D eigenvalue weighted by Crippen LogP contribution is 2.53. The fourth-order valence-electron chi connectivity index (χ4n) is 3.02. The number of ether oxygens (including phenoxy) is 3. The molecule has 2 aromatic carbocycles. The van der Waals surface area contributed by atoms with E-state index in [0.717, 1.165) is 5.56 Å². The van der Waals surface area contributed by atoms with Crippen molar-refractivity contribution < 1.29 is 40.0 Å². The zero-order valence-corrected chi connectivity index (χ0v) is 17.0. The molecule has 0 heterocycles. The molecule has 28 heavy (non-hydrogen) atoms. The van der Waals surface area contributed by atoms with Gasteiger partial charge in [-0.3, -0.25) is 0 Å². The second kappa shape index (κ2) is 7.57. The van der Waals surface area contributed by atoms with Gasteiger partial charge >= 0.3 is 15.6 Å². The first-order valence-electron chi connectivity index (χ1n) is 8.16. The summed E-state index contributed by atoms with van der Waals surface area (Å²) in [6.45, 7) is 5.49. The SMILES string of the molecule is COc1c(OC)c(OS(=O)(=O)C(F)(F)F)c2c(OC)cc(C)cc2c1C(C)C. The molecule has 6 nitrogen and oxygen atoms in total. The lowest BCUT2D eigenvalue weighted by Gasteiger charge is -2.23. The van der Waals surface area contributed by atoms with Crippen LogP contribution in [-0.4, -0.2) is 35.3 Å². The second-order valence-electron chi connectivity index (χ2n) is 6.34. The van der Waals surface area contributed by atoms with Gasteiger partial charge in [0.2, 0.25) is 5.75 Å². The van der Waals surface area contributed by atoms with Gasteiger partial charge in [-0.25, -0.2) is 0 Å². The summed E-state index contributed by atoms with van der Waals surface area (Å²) in [5.41, 5.74) is -4.25. The maximum absolute atomic E-state index is 13.0. The van der Waals surface area contributed by atoms with Gasteiger partial charge in [-0.05, 0) is 29.9 Å². The van der Waals surface area contributed by atoms with Crippen LogP contribution in [0.2, 0.25) is 0 Å². The summed E-state index contributed by atoms with van der Waals surface area (Å²) in [5, 5.41) is 0.485. The third-order valence-electron chi connectivity index (χ3n) is 4.10. The molecule has 2 rings (SSSR count). The van der Waals surface area contributed by atoms with Crippen molar-refractivity contribution in [3.8, 4) is 23.0 Å². The lowest BCUT2D eigenvalue weighted by atomic mass is 9.92. The molecule has 0 atom stereocenters. The van der Waals surface area contributed by atoms with Crippen molar-refractivity contribution in [1.29, 1.82) is 0 Å². The first kappa shape index (κ1) is 21.9. The van der Waals surface area contributed by atoms with Crippen LogP contribution in [0.1, 0.15) is 30.9 Å². The van der Waals surface area contributed by atoms with E-state index in [4.69, 9.17) is 14.2 Å². The van der Waals surface area contributed by atoms with Gasteiger partial charge < -0.3 is 18.4 Å². The summed E-state index contributed by atoms with van der Waals surface area (Å²) in [6, 6.07) is 3.26. The van der Waals surface area contributed by atoms with Crippen LogP contribution < -0.4 is 18.4 Å². The van der Waals surface area contributed by atoms with Crippen molar-refractivity contribution in [3.05, 3.63) is 23.3 Å². The highest BCUT2D eigenvalue weighted by molar-refractivity contribution is 7.88. The number of methoxy groups -OCH3 is 3. The highest BCUT2D eigenvalue weighted by Gasteiger charge is 2.49. The predicted molar refractivity (Wildman–Crippen MR) is 98.0 cm³/mol. The zero-order valence-electron chi connectivity index (χ0n) is 16.2. The van der Waals surface area contributed by atoms with Crippen LogP contribution in [0.25, 0.3) is 10.8 Å². The fourth-order valence-corrected chi connectivity index (χ4v) is 3.49. The van der Waals surface area contributed by atoms with E-state index in [1.807, 2.05) is 13.8 Å². The number of benzene rings is 2. The summed E-state index contributed by atoms with van der Waals surface area (Å²) in [6.07, 6.45) is 0. The molecule has 0 unspecified atom stereocenters. The average molecular weight is 422 g/mol. The van der Waals surface area contributed by atoms with Crippen LogP contribution in [0.4, 0.5) is 13.2 Å². The Morgan fingerprint density at radius 1 is 0.929 bits per heavy atom. The number of hydrogen-bond donors (Lipinski definition) is 0. The molecule has 0 amide bonds. The van der Waals surface area contributed by atoms with Crippen molar-refractivity contribution in [2.24, 2.45) is 0 Å². The van der Waals surface area contributed by atoms with Gasteiger partial charge in [0.1, 0.15) is 5.75 Å². The molecule has 0 saturated heterocycles. The topological polar surface area (TPSA) is 71.1 Å². The van der Waals surface area contributed by atoms with Crippen molar-refractivity contribution in [2.75, 3.05) is 21.3 Å². The smallest absolute Gasteiger partial charge is 0.496 e. The van der Waals surface area contributed by atoms with Gasteiger partial charge in [0.15, 0.2) is 11.5 Å². The Balaban J connectivity index is 3.10. The van der Waals surface area contributed by atoms with Crippen molar-refractivity contribution in [3.63, 3.8) is 0 Å². The number of alkyl halides is 3. The van der Waals surface area contributed by atoms with Crippen LogP contribution in [0.3, 0.4) is 0 Å².